The molecule has 0 radical (unpaired) electrons. The second kappa shape index (κ2) is 4.21. The number of nitrogens with zero attached hydrogens (tertiary/aromatic N) is 1. The van der Waals surface area contributed by atoms with Gasteiger partial charge >= 0.3 is 0 Å². The zero-order valence-corrected chi connectivity index (χ0v) is 8.05. The molecular formula is C9H19NO2. The number of methoxy groups -OCH3 is 1. The SMILES string of the molecule is CCN1CCC[C@@](O)(COC)C1. The van der Waals surface area contributed by atoms with E-state index in [1.807, 2.05) is 0 Å². The predicted molar refractivity (Wildman–Crippen MR) is 48.2 cm³/mol. The van der Waals surface area contributed by atoms with E-state index in [9.17, 15) is 5.11 Å². The molecule has 1 rings (SSSR count). The molecule has 0 amide bonds. The molecule has 0 saturated carbocycles. The van der Waals surface area contributed by atoms with E-state index < -0.39 is 5.60 Å². The van der Waals surface area contributed by atoms with E-state index in [1.165, 1.54) is 0 Å². The van der Waals surface area contributed by atoms with Crippen molar-refractivity contribution < 1.29 is 9.84 Å². The second-order valence-electron chi connectivity index (χ2n) is 3.63. The van der Waals surface area contributed by atoms with Crippen molar-refractivity contribution in [3.8, 4) is 0 Å². The highest BCUT2D eigenvalue weighted by Crippen LogP contribution is 2.20. The molecule has 1 N–H and O–H groups in total. The molecule has 0 unspecified atom stereocenters. The summed E-state index contributed by atoms with van der Waals surface area (Å²) < 4.78 is 5.00. The fourth-order valence-corrected chi connectivity index (χ4v) is 1.86. The molecule has 1 aliphatic rings. The number of piperidine rings is 1. The lowest BCUT2D eigenvalue weighted by atomic mass is 9.94. The fourth-order valence-electron chi connectivity index (χ4n) is 1.86. The van der Waals surface area contributed by atoms with Gasteiger partial charge in [0.15, 0.2) is 0 Å². The van der Waals surface area contributed by atoms with E-state index in [0.29, 0.717) is 6.61 Å². The molecule has 0 aromatic heterocycles. The smallest absolute Gasteiger partial charge is 0.101 e. The Labute approximate surface area is 74.3 Å². The Hall–Kier alpha value is -0.120. The third-order valence-corrected chi connectivity index (χ3v) is 2.49. The summed E-state index contributed by atoms with van der Waals surface area (Å²) in [7, 11) is 1.64. The second-order valence-corrected chi connectivity index (χ2v) is 3.63. The van der Waals surface area contributed by atoms with Crippen LogP contribution in [0.4, 0.5) is 0 Å². The van der Waals surface area contributed by atoms with E-state index in [-0.39, 0.29) is 0 Å². The summed E-state index contributed by atoms with van der Waals surface area (Å²) in [4.78, 5) is 2.27. The van der Waals surface area contributed by atoms with Crippen molar-refractivity contribution in [2.75, 3.05) is 33.4 Å². The van der Waals surface area contributed by atoms with Crippen molar-refractivity contribution in [2.24, 2.45) is 0 Å². The molecule has 3 heteroatoms. The molecule has 1 fully saturated rings. The minimum absolute atomic E-state index is 0.462. The number of hydrogen-bond donors (Lipinski definition) is 1. The fraction of sp³-hybridized carbons (Fsp3) is 1.00. The van der Waals surface area contributed by atoms with E-state index in [2.05, 4.69) is 11.8 Å². The Morgan fingerprint density at radius 3 is 2.92 bits per heavy atom. The molecular weight excluding hydrogens is 154 g/mol. The van der Waals surface area contributed by atoms with Gasteiger partial charge in [-0.2, -0.15) is 0 Å². The summed E-state index contributed by atoms with van der Waals surface area (Å²) in [5, 5.41) is 10.0. The summed E-state index contributed by atoms with van der Waals surface area (Å²) in [6.45, 7) is 5.48. The number of ether oxygens (including phenoxy) is 1. The minimum Gasteiger partial charge on any atom is -0.386 e. The largest absolute Gasteiger partial charge is 0.386 e. The van der Waals surface area contributed by atoms with Crippen LogP contribution in [0.5, 0.6) is 0 Å². The first-order chi connectivity index (χ1) is 5.70. The number of rotatable bonds is 3. The van der Waals surface area contributed by atoms with E-state index in [0.717, 1.165) is 32.5 Å². The quantitative estimate of drug-likeness (QED) is 0.674. The molecule has 72 valence electrons. The molecule has 0 aromatic rings. The van der Waals surface area contributed by atoms with Crippen molar-refractivity contribution in [1.82, 2.24) is 4.90 Å². The molecule has 0 aliphatic carbocycles. The highest BCUT2D eigenvalue weighted by molar-refractivity contribution is 4.86. The van der Waals surface area contributed by atoms with Crippen LogP contribution in [0.3, 0.4) is 0 Å². The minimum atomic E-state index is -0.594. The van der Waals surface area contributed by atoms with Gasteiger partial charge < -0.3 is 14.7 Å². The first-order valence-corrected chi connectivity index (χ1v) is 4.64. The number of likely N-dealkylation sites (N-methyl/N-ethyl adjacent to an activating group) is 1. The van der Waals surface area contributed by atoms with Crippen molar-refractivity contribution in [1.29, 1.82) is 0 Å². The number of aliphatic hydroxyl groups is 1. The van der Waals surface area contributed by atoms with Gasteiger partial charge in [0.1, 0.15) is 5.60 Å². The summed E-state index contributed by atoms with van der Waals surface area (Å²) in [5.74, 6) is 0. The van der Waals surface area contributed by atoms with Crippen LogP contribution >= 0.6 is 0 Å². The lowest BCUT2D eigenvalue weighted by Gasteiger charge is -2.38. The molecule has 0 aromatic carbocycles. The molecule has 0 bridgehead atoms. The van der Waals surface area contributed by atoms with Gasteiger partial charge in [0.25, 0.3) is 0 Å². The molecule has 0 spiro atoms. The maximum Gasteiger partial charge on any atom is 0.101 e. The van der Waals surface area contributed by atoms with Gasteiger partial charge in [-0.15, -0.1) is 0 Å². The Morgan fingerprint density at radius 1 is 1.58 bits per heavy atom. The van der Waals surface area contributed by atoms with Gasteiger partial charge in [0.2, 0.25) is 0 Å². The van der Waals surface area contributed by atoms with Crippen LogP contribution in [0.2, 0.25) is 0 Å². The number of β-amino-alcohol motifs (C(OH)–C–C–N with tert-alkyl or cyclic N) is 1. The Balaban J connectivity index is 2.43. The maximum atomic E-state index is 10.0. The van der Waals surface area contributed by atoms with Crippen molar-refractivity contribution >= 4 is 0 Å². The van der Waals surface area contributed by atoms with Gasteiger partial charge in [0.05, 0.1) is 6.61 Å². The third-order valence-electron chi connectivity index (χ3n) is 2.49. The highest BCUT2D eigenvalue weighted by Gasteiger charge is 2.32. The van der Waals surface area contributed by atoms with Crippen LogP contribution in [0.25, 0.3) is 0 Å². The van der Waals surface area contributed by atoms with Gasteiger partial charge in [-0.1, -0.05) is 6.92 Å². The topological polar surface area (TPSA) is 32.7 Å². The zero-order chi connectivity index (χ0) is 9.03. The number of hydrogen-bond acceptors (Lipinski definition) is 3. The summed E-state index contributed by atoms with van der Waals surface area (Å²) >= 11 is 0. The van der Waals surface area contributed by atoms with Crippen molar-refractivity contribution in [2.45, 2.75) is 25.4 Å². The maximum absolute atomic E-state index is 10.0. The van der Waals surface area contributed by atoms with Crippen molar-refractivity contribution in [3.05, 3.63) is 0 Å². The molecule has 1 atom stereocenters. The molecule has 3 nitrogen and oxygen atoms in total. The summed E-state index contributed by atoms with van der Waals surface area (Å²) in [6, 6.07) is 0. The summed E-state index contributed by atoms with van der Waals surface area (Å²) in [6.07, 6.45) is 1.95. The van der Waals surface area contributed by atoms with Crippen LogP contribution in [0.1, 0.15) is 19.8 Å². The van der Waals surface area contributed by atoms with Gasteiger partial charge in [-0.3, -0.25) is 0 Å². The lowest BCUT2D eigenvalue weighted by molar-refractivity contribution is -0.0764. The lowest BCUT2D eigenvalue weighted by Crippen LogP contribution is -2.50. The van der Waals surface area contributed by atoms with E-state index in [4.69, 9.17) is 4.74 Å². The van der Waals surface area contributed by atoms with Gasteiger partial charge in [-0.25, -0.2) is 0 Å². The molecule has 1 saturated heterocycles. The zero-order valence-electron chi connectivity index (χ0n) is 8.05. The van der Waals surface area contributed by atoms with Crippen LogP contribution in [0, 0.1) is 0 Å². The van der Waals surface area contributed by atoms with Crippen LogP contribution < -0.4 is 0 Å². The normalized spacial score (nSPS) is 32.2. The predicted octanol–water partition coefficient (Wildman–Crippen LogP) is 0.480. The summed E-state index contributed by atoms with van der Waals surface area (Å²) in [5.41, 5.74) is -0.594. The van der Waals surface area contributed by atoms with Crippen LogP contribution in [0.15, 0.2) is 0 Å². The Morgan fingerprint density at radius 2 is 2.33 bits per heavy atom. The molecule has 1 aliphatic heterocycles. The molecule has 12 heavy (non-hydrogen) atoms. The highest BCUT2D eigenvalue weighted by atomic mass is 16.5. The third kappa shape index (κ3) is 2.44. The Bertz CT molecular complexity index is 136. The van der Waals surface area contributed by atoms with Gasteiger partial charge in [0, 0.05) is 13.7 Å². The van der Waals surface area contributed by atoms with Crippen LogP contribution in [-0.4, -0.2) is 49.0 Å². The van der Waals surface area contributed by atoms with E-state index in [1.54, 1.807) is 7.11 Å². The first kappa shape index (κ1) is 9.96. The van der Waals surface area contributed by atoms with Crippen molar-refractivity contribution in [3.63, 3.8) is 0 Å². The monoisotopic (exact) mass is 173 g/mol. The first-order valence-electron chi connectivity index (χ1n) is 4.64. The average molecular weight is 173 g/mol. The standard InChI is InChI=1S/C9H19NO2/c1-3-10-6-4-5-9(11,7-10)8-12-2/h11H,3-8H2,1-2H3/t9-/m0/s1. The van der Waals surface area contributed by atoms with Crippen LogP contribution in [-0.2, 0) is 4.74 Å². The van der Waals surface area contributed by atoms with Gasteiger partial charge in [-0.05, 0) is 25.9 Å². The Kier molecular flexibility index (Phi) is 3.50. The van der Waals surface area contributed by atoms with E-state index >= 15 is 0 Å². The number of likely N-dealkylation sites (tertiary alicyclic amines) is 1. The average Bonchev–Trinajstić information content (AvgIpc) is 2.04. The molecule has 1 heterocycles.